The van der Waals surface area contributed by atoms with Gasteiger partial charge in [-0.25, -0.2) is 9.13 Å². The molecule has 0 aromatic carbocycles. The molecule has 4 N–H and O–H groups in total. The summed E-state index contributed by atoms with van der Waals surface area (Å²) in [5.74, 6) is 0. The summed E-state index contributed by atoms with van der Waals surface area (Å²) in [5.41, 5.74) is 0. The minimum atomic E-state index is -4.40. The molecule has 238 valence electrons. The van der Waals surface area contributed by atoms with Gasteiger partial charge in [0, 0.05) is 49.3 Å². The van der Waals surface area contributed by atoms with E-state index in [2.05, 4.69) is 48.1 Å². The van der Waals surface area contributed by atoms with Crippen LogP contribution in [0.15, 0.2) is 0 Å². The Morgan fingerprint density at radius 2 is 1.40 bits per heavy atom. The number of likely N-dealkylation sites (tertiary alicyclic amines) is 2. The van der Waals surface area contributed by atoms with Gasteiger partial charge in [0.05, 0.1) is 32.5 Å². The van der Waals surface area contributed by atoms with E-state index in [0.29, 0.717) is 6.04 Å². The SMILES string of the molecule is CCN1C[C@@H](NC(C)C)C[C@@H]1COP(=O)(O)OCC(COP(=O)(O)OC[C@@H]1C[C@@H](NC)CN1C(C)C)OC(C)C. The summed E-state index contributed by atoms with van der Waals surface area (Å²) in [4.78, 5) is 25.1. The van der Waals surface area contributed by atoms with E-state index >= 15 is 0 Å². The first-order chi connectivity index (χ1) is 18.6. The van der Waals surface area contributed by atoms with Crippen molar-refractivity contribution in [2.45, 2.75) is 110 Å². The molecule has 2 aliphatic heterocycles. The Balaban J connectivity index is 1.84. The lowest BCUT2D eigenvalue weighted by Crippen LogP contribution is -2.39. The van der Waals surface area contributed by atoms with Crippen molar-refractivity contribution in [1.82, 2.24) is 20.4 Å². The Kier molecular flexibility index (Phi) is 15.2. The molecule has 0 aliphatic carbocycles. The van der Waals surface area contributed by atoms with E-state index < -0.39 is 21.7 Å². The van der Waals surface area contributed by atoms with Crippen LogP contribution >= 0.6 is 15.6 Å². The van der Waals surface area contributed by atoms with Crippen molar-refractivity contribution in [2.24, 2.45) is 0 Å². The molecule has 40 heavy (non-hydrogen) atoms. The molecule has 2 heterocycles. The number of hydrogen-bond donors (Lipinski definition) is 4. The predicted molar refractivity (Wildman–Crippen MR) is 154 cm³/mol. The van der Waals surface area contributed by atoms with Gasteiger partial charge in [-0.3, -0.25) is 27.9 Å². The summed E-state index contributed by atoms with van der Waals surface area (Å²) in [7, 11) is -6.90. The summed E-state index contributed by atoms with van der Waals surface area (Å²) >= 11 is 0. The van der Waals surface area contributed by atoms with Gasteiger partial charge in [0.1, 0.15) is 6.10 Å². The lowest BCUT2D eigenvalue weighted by atomic mass is 10.1. The molecule has 0 aromatic rings. The monoisotopic (exact) mass is 616 g/mol. The van der Waals surface area contributed by atoms with Crippen LogP contribution in [-0.4, -0.2) is 121 Å². The molecule has 2 fully saturated rings. The summed E-state index contributed by atoms with van der Waals surface area (Å²) in [5, 5.41) is 6.75. The first-order valence-electron chi connectivity index (χ1n) is 14.5. The van der Waals surface area contributed by atoms with Crippen LogP contribution in [0.5, 0.6) is 0 Å². The first kappa shape index (κ1) is 36.2. The highest BCUT2D eigenvalue weighted by Crippen LogP contribution is 2.46. The van der Waals surface area contributed by atoms with E-state index in [1.807, 2.05) is 14.0 Å². The highest BCUT2D eigenvalue weighted by Gasteiger charge is 2.36. The molecule has 2 rings (SSSR count). The zero-order valence-corrected chi connectivity index (χ0v) is 27.3. The Morgan fingerprint density at radius 1 is 0.850 bits per heavy atom. The lowest BCUT2D eigenvalue weighted by Gasteiger charge is -2.28. The van der Waals surface area contributed by atoms with Crippen molar-refractivity contribution >= 4 is 15.6 Å². The van der Waals surface area contributed by atoms with Gasteiger partial charge in [0.25, 0.3) is 0 Å². The number of nitrogens with one attached hydrogen (secondary N) is 2. The van der Waals surface area contributed by atoms with E-state index in [1.165, 1.54) is 0 Å². The second-order valence-electron chi connectivity index (χ2n) is 11.6. The van der Waals surface area contributed by atoms with Gasteiger partial charge in [-0.15, -0.1) is 0 Å². The second kappa shape index (κ2) is 16.8. The molecule has 0 saturated carbocycles. The quantitative estimate of drug-likeness (QED) is 0.158. The fraction of sp³-hybridized carbons (Fsp3) is 1.00. The normalized spacial score (nSPS) is 28.5. The van der Waals surface area contributed by atoms with Crippen LogP contribution in [0.4, 0.5) is 0 Å². The molecule has 0 spiro atoms. The number of hydrogen-bond acceptors (Lipinski definition) is 11. The molecule has 7 atom stereocenters. The molecule has 0 aromatic heterocycles. The van der Waals surface area contributed by atoms with Crippen LogP contribution in [-0.2, 0) is 32.0 Å². The van der Waals surface area contributed by atoms with Crippen LogP contribution in [0, 0.1) is 0 Å². The molecule has 0 radical (unpaired) electrons. The molecule has 0 amide bonds. The highest BCUT2D eigenvalue weighted by molar-refractivity contribution is 7.47. The number of rotatable bonds is 19. The third-order valence-electron chi connectivity index (χ3n) is 7.20. The van der Waals surface area contributed by atoms with Gasteiger partial charge >= 0.3 is 15.6 Å². The summed E-state index contributed by atoms with van der Waals surface area (Å²) in [6.07, 6.45) is 0.419. The number of ether oxygens (including phenoxy) is 1. The second-order valence-corrected chi connectivity index (χ2v) is 14.5. The minimum Gasteiger partial charge on any atom is -0.371 e. The van der Waals surface area contributed by atoms with Crippen LogP contribution in [0.3, 0.4) is 0 Å². The summed E-state index contributed by atoms with van der Waals surface area (Å²) < 4.78 is 52.0. The van der Waals surface area contributed by atoms with Crippen molar-refractivity contribution < 1.29 is 41.7 Å². The van der Waals surface area contributed by atoms with Gasteiger partial charge in [-0.1, -0.05) is 20.8 Å². The zero-order valence-electron chi connectivity index (χ0n) is 25.5. The molecule has 13 nitrogen and oxygen atoms in total. The van der Waals surface area contributed by atoms with Gasteiger partial charge in [-0.2, -0.15) is 0 Å². The smallest absolute Gasteiger partial charge is 0.371 e. The van der Waals surface area contributed by atoms with E-state index in [0.717, 1.165) is 32.5 Å². The predicted octanol–water partition coefficient (Wildman–Crippen LogP) is 2.58. The molecule has 2 aliphatic rings. The van der Waals surface area contributed by atoms with Gasteiger partial charge < -0.3 is 25.2 Å². The van der Waals surface area contributed by atoms with Crippen LogP contribution < -0.4 is 10.6 Å². The number of nitrogens with zero attached hydrogens (tertiary/aromatic N) is 2. The molecule has 3 unspecified atom stereocenters. The van der Waals surface area contributed by atoms with E-state index in [9.17, 15) is 18.9 Å². The van der Waals surface area contributed by atoms with Crippen LogP contribution in [0.1, 0.15) is 61.3 Å². The van der Waals surface area contributed by atoms with Crippen molar-refractivity contribution in [3.63, 3.8) is 0 Å². The maximum Gasteiger partial charge on any atom is 0.472 e. The topological polar surface area (TPSA) is 151 Å². The van der Waals surface area contributed by atoms with Crippen molar-refractivity contribution in [2.75, 3.05) is 53.1 Å². The Labute approximate surface area is 240 Å². The number of phosphoric ester groups is 2. The van der Waals surface area contributed by atoms with E-state index in [-0.39, 0.29) is 62.7 Å². The van der Waals surface area contributed by atoms with Crippen LogP contribution in [0.2, 0.25) is 0 Å². The molecule has 0 bridgehead atoms. The average Bonchev–Trinajstić information content (AvgIpc) is 3.46. The lowest BCUT2D eigenvalue weighted by molar-refractivity contribution is -0.0513. The highest BCUT2D eigenvalue weighted by atomic mass is 31.2. The standard InChI is InChI=1S/C25H54N4O9P2/c1-9-28-12-22(27-18(2)3)11-23(28)14-34-39(30,31)36-16-25(38-20(6)7)17-37-40(32,33)35-15-24-10-21(26-8)13-29(24)19(4)5/h18-27H,9-17H2,1-8H3,(H,30,31)(H,32,33)/t21-,22+,23-,24+,25?/m1/s1. The van der Waals surface area contributed by atoms with Crippen molar-refractivity contribution in [1.29, 1.82) is 0 Å². The van der Waals surface area contributed by atoms with E-state index in [4.69, 9.17) is 22.8 Å². The average molecular weight is 617 g/mol. The minimum absolute atomic E-state index is 0.0105. The molecular formula is C25H54N4O9P2. The number of likely N-dealkylation sites (N-methyl/N-ethyl adjacent to an activating group) is 2. The Morgan fingerprint density at radius 3 is 1.88 bits per heavy atom. The van der Waals surface area contributed by atoms with E-state index in [1.54, 1.807) is 13.8 Å². The Bertz CT molecular complexity index is 838. The Hall–Kier alpha value is 0.0200. The molecular weight excluding hydrogens is 562 g/mol. The fourth-order valence-electron chi connectivity index (χ4n) is 5.39. The third kappa shape index (κ3) is 12.7. The van der Waals surface area contributed by atoms with Gasteiger partial charge in [0.2, 0.25) is 0 Å². The fourth-order valence-corrected chi connectivity index (χ4v) is 6.96. The van der Waals surface area contributed by atoms with Gasteiger partial charge in [0.15, 0.2) is 0 Å². The maximum atomic E-state index is 12.6. The summed E-state index contributed by atoms with van der Waals surface area (Å²) in [6.45, 7) is 15.8. The van der Waals surface area contributed by atoms with Crippen molar-refractivity contribution in [3.8, 4) is 0 Å². The first-order valence-corrected chi connectivity index (χ1v) is 17.5. The summed E-state index contributed by atoms with van der Waals surface area (Å²) in [6, 6.07) is 1.15. The maximum absolute atomic E-state index is 12.6. The van der Waals surface area contributed by atoms with Crippen LogP contribution in [0.25, 0.3) is 0 Å². The van der Waals surface area contributed by atoms with Gasteiger partial charge in [-0.05, 0) is 54.1 Å². The zero-order chi connectivity index (χ0) is 30.1. The third-order valence-corrected chi connectivity index (χ3v) is 9.10. The van der Waals surface area contributed by atoms with Crippen molar-refractivity contribution in [3.05, 3.63) is 0 Å². The number of phosphoric acid groups is 2. The molecule has 15 heteroatoms. The molecule has 2 saturated heterocycles. The largest absolute Gasteiger partial charge is 0.472 e.